The van der Waals surface area contributed by atoms with Crippen LogP contribution < -0.4 is 16.1 Å². The number of methoxy groups -OCH3 is 1. The van der Waals surface area contributed by atoms with Gasteiger partial charge in [-0.05, 0) is 36.1 Å². The zero-order valence-corrected chi connectivity index (χ0v) is 14.1. The summed E-state index contributed by atoms with van der Waals surface area (Å²) in [5.74, 6) is 7.64. The summed E-state index contributed by atoms with van der Waals surface area (Å²) in [4.78, 5) is 17.1. The average Bonchev–Trinajstić information content (AvgIpc) is 2.58. The van der Waals surface area contributed by atoms with Crippen molar-refractivity contribution in [2.75, 3.05) is 13.0 Å². The number of hydrogen-bond acceptors (Lipinski definition) is 4. The van der Waals surface area contributed by atoms with Crippen LogP contribution in [-0.4, -0.2) is 16.8 Å². The molecule has 24 heavy (non-hydrogen) atoms. The molecule has 3 rings (SSSR count). The van der Waals surface area contributed by atoms with Crippen molar-refractivity contribution in [2.45, 2.75) is 20.3 Å². The van der Waals surface area contributed by atoms with Crippen molar-refractivity contribution in [1.29, 1.82) is 0 Å². The largest absolute Gasteiger partial charge is 0.497 e. The molecule has 0 bridgehead atoms. The molecule has 5 heteroatoms. The third kappa shape index (κ3) is 2.97. The monoisotopic (exact) mass is 323 g/mol. The number of nitrogens with zero attached hydrogens (tertiary/aromatic N) is 2. The lowest BCUT2D eigenvalue weighted by Crippen LogP contribution is -2.29. The van der Waals surface area contributed by atoms with E-state index in [1.807, 2.05) is 12.1 Å². The van der Waals surface area contributed by atoms with Crippen molar-refractivity contribution in [3.8, 4) is 17.1 Å². The molecular formula is C19H21N3O2. The Morgan fingerprint density at radius 3 is 2.50 bits per heavy atom. The lowest BCUT2D eigenvalue weighted by atomic mass is 10.0. The number of hydrogen-bond donors (Lipinski definition) is 1. The van der Waals surface area contributed by atoms with E-state index in [9.17, 15) is 4.79 Å². The molecule has 0 atom stereocenters. The van der Waals surface area contributed by atoms with Gasteiger partial charge in [0.15, 0.2) is 5.82 Å². The van der Waals surface area contributed by atoms with Gasteiger partial charge in [0.1, 0.15) is 5.75 Å². The molecule has 2 N–H and O–H groups in total. The topological polar surface area (TPSA) is 70.1 Å². The van der Waals surface area contributed by atoms with Gasteiger partial charge in [-0.2, -0.15) is 0 Å². The fourth-order valence-corrected chi connectivity index (χ4v) is 2.77. The molecule has 0 aliphatic heterocycles. The molecule has 0 aliphatic carbocycles. The molecule has 0 saturated heterocycles. The maximum absolute atomic E-state index is 12.5. The van der Waals surface area contributed by atoms with Crippen LogP contribution in [0.25, 0.3) is 22.3 Å². The Labute approximate surface area is 140 Å². The van der Waals surface area contributed by atoms with Crippen LogP contribution in [0.2, 0.25) is 0 Å². The molecule has 124 valence electrons. The number of benzene rings is 2. The minimum absolute atomic E-state index is 0.292. The summed E-state index contributed by atoms with van der Waals surface area (Å²) in [5.41, 5.74) is 2.38. The van der Waals surface area contributed by atoms with Crippen LogP contribution in [0.1, 0.15) is 19.4 Å². The number of rotatable bonds is 4. The molecule has 0 unspecified atom stereocenters. The van der Waals surface area contributed by atoms with Gasteiger partial charge in [-0.15, -0.1) is 0 Å². The Morgan fingerprint density at radius 1 is 1.17 bits per heavy atom. The lowest BCUT2D eigenvalue weighted by Gasteiger charge is -2.11. The van der Waals surface area contributed by atoms with E-state index >= 15 is 0 Å². The van der Waals surface area contributed by atoms with Crippen molar-refractivity contribution >= 4 is 10.9 Å². The summed E-state index contributed by atoms with van der Waals surface area (Å²) >= 11 is 0. The molecule has 2 aromatic carbocycles. The Hall–Kier alpha value is -2.82. The first kappa shape index (κ1) is 16.1. The maximum atomic E-state index is 12.5. The van der Waals surface area contributed by atoms with Gasteiger partial charge in [0.2, 0.25) is 0 Å². The second-order valence-electron chi connectivity index (χ2n) is 6.29. The van der Waals surface area contributed by atoms with Crippen LogP contribution >= 0.6 is 0 Å². The van der Waals surface area contributed by atoms with E-state index in [0.29, 0.717) is 28.4 Å². The molecule has 5 nitrogen and oxygen atoms in total. The fraction of sp³-hybridized carbons (Fsp3) is 0.263. The Bertz CT molecular complexity index is 928. The second-order valence-corrected chi connectivity index (χ2v) is 6.29. The van der Waals surface area contributed by atoms with Gasteiger partial charge in [0.25, 0.3) is 5.56 Å². The van der Waals surface area contributed by atoms with E-state index in [0.717, 1.165) is 16.7 Å². The molecular weight excluding hydrogens is 302 g/mol. The fourth-order valence-electron chi connectivity index (χ4n) is 2.77. The van der Waals surface area contributed by atoms with Gasteiger partial charge in [-0.25, -0.2) is 9.66 Å². The lowest BCUT2D eigenvalue weighted by molar-refractivity contribution is 0.415. The first-order valence-corrected chi connectivity index (χ1v) is 7.95. The summed E-state index contributed by atoms with van der Waals surface area (Å²) in [5, 5.41) is 0.442. The van der Waals surface area contributed by atoms with Crippen molar-refractivity contribution in [2.24, 2.45) is 5.92 Å². The molecule has 0 radical (unpaired) electrons. The number of aromatic nitrogens is 2. The molecule has 0 aliphatic rings. The predicted octanol–water partition coefficient (Wildman–Crippen LogP) is 2.98. The zero-order valence-electron chi connectivity index (χ0n) is 14.1. The number of ether oxygens (including phenoxy) is 1. The normalized spacial score (nSPS) is 11.2. The zero-order chi connectivity index (χ0) is 17.3. The SMILES string of the molecule is COc1ccc2nc(-c3ccc(CC(C)C)cc3)n(N)c(=O)c2c1. The number of fused-ring (bicyclic) bond motifs is 1. The highest BCUT2D eigenvalue weighted by molar-refractivity contribution is 5.81. The summed E-state index contributed by atoms with van der Waals surface area (Å²) < 4.78 is 6.26. The average molecular weight is 323 g/mol. The van der Waals surface area contributed by atoms with Gasteiger partial charge in [0.05, 0.1) is 18.0 Å². The van der Waals surface area contributed by atoms with Crippen LogP contribution in [0.4, 0.5) is 0 Å². The summed E-state index contributed by atoms with van der Waals surface area (Å²) in [7, 11) is 1.56. The summed E-state index contributed by atoms with van der Waals surface area (Å²) in [6.45, 7) is 4.37. The van der Waals surface area contributed by atoms with Gasteiger partial charge >= 0.3 is 0 Å². The Balaban J connectivity index is 2.09. The van der Waals surface area contributed by atoms with Crippen molar-refractivity contribution in [1.82, 2.24) is 9.66 Å². The molecule has 1 heterocycles. The van der Waals surface area contributed by atoms with Crippen molar-refractivity contribution in [3.05, 3.63) is 58.4 Å². The van der Waals surface area contributed by atoms with Gasteiger partial charge < -0.3 is 10.6 Å². The van der Waals surface area contributed by atoms with Crippen LogP contribution in [-0.2, 0) is 6.42 Å². The third-order valence-electron chi connectivity index (χ3n) is 3.96. The smallest absolute Gasteiger partial charge is 0.280 e. The molecule has 0 spiro atoms. The molecule has 3 aromatic rings. The first-order valence-electron chi connectivity index (χ1n) is 7.95. The van der Waals surface area contributed by atoms with Crippen molar-refractivity contribution in [3.63, 3.8) is 0 Å². The quantitative estimate of drug-likeness (QED) is 0.749. The highest BCUT2D eigenvalue weighted by Crippen LogP contribution is 2.21. The summed E-state index contributed by atoms with van der Waals surface area (Å²) in [6, 6.07) is 13.2. The number of nitrogens with two attached hydrogens (primary N) is 1. The van der Waals surface area contributed by atoms with E-state index in [1.165, 1.54) is 5.56 Å². The van der Waals surface area contributed by atoms with E-state index in [2.05, 4.69) is 31.0 Å². The van der Waals surface area contributed by atoms with E-state index in [4.69, 9.17) is 10.6 Å². The van der Waals surface area contributed by atoms with Crippen molar-refractivity contribution < 1.29 is 4.74 Å². The molecule has 0 fully saturated rings. The minimum atomic E-state index is -0.292. The van der Waals surface area contributed by atoms with Gasteiger partial charge in [0, 0.05) is 5.56 Å². The van der Waals surface area contributed by atoms with Gasteiger partial charge in [-0.1, -0.05) is 38.1 Å². The standard InChI is InChI=1S/C19H21N3O2/c1-12(2)10-13-4-6-14(7-5-13)18-21-17-9-8-15(24-3)11-16(17)19(23)22(18)20/h4-9,11-12H,10,20H2,1-3H3. The van der Waals surface area contributed by atoms with Gasteiger partial charge in [-0.3, -0.25) is 4.79 Å². The van der Waals surface area contributed by atoms with E-state index < -0.39 is 0 Å². The highest BCUT2D eigenvalue weighted by Gasteiger charge is 2.12. The second kappa shape index (κ2) is 6.35. The third-order valence-corrected chi connectivity index (χ3v) is 3.96. The van der Waals surface area contributed by atoms with Crippen LogP contribution in [0.5, 0.6) is 5.75 Å². The molecule has 0 amide bonds. The maximum Gasteiger partial charge on any atom is 0.280 e. The highest BCUT2D eigenvalue weighted by atomic mass is 16.5. The predicted molar refractivity (Wildman–Crippen MR) is 96.7 cm³/mol. The van der Waals surface area contributed by atoms with E-state index in [-0.39, 0.29) is 5.56 Å². The first-order chi connectivity index (χ1) is 11.5. The Kier molecular flexibility index (Phi) is 4.25. The summed E-state index contributed by atoms with van der Waals surface area (Å²) in [6.07, 6.45) is 1.01. The van der Waals surface area contributed by atoms with Crippen LogP contribution in [0, 0.1) is 5.92 Å². The van der Waals surface area contributed by atoms with Crippen LogP contribution in [0.3, 0.4) is 0 Å². The molecule has 0 saturated carbocycles. The van der Waals surface area contributed by atoms with E-state index in [1.54, 1.807) is 25.3 Å². The Morgan fingerprint density at radius 2 is 1.88 bits per heavy atom. The minimum Gasteiger partial charge on any atom is -0.497 e. The van der Waals surface area contributed by atoms with Crippen LogP contribution in [0.15, 0.2) is 47.3 Å². The molecule has 1 aromatic heterocycles. The number of nitrogen functional groups attached to an aromatic ring is 1.